The number of carbonyl (C=O) groups excluding carboxylic acids is 1. The van der Waals surface area contributed by atoms with Gasteiger partial charge in [0.15, 0.2) is 11.5 Å². The molecule has 1 amide bonds. The van der Waals surface area contributed by atoms with E-state index in [2.05, 4.69) is 5.32 Å². The first-order chi connectivity index (χ1) is 13.0. The number of carbonyl (C=O) groups is 1. The predicted molar refractivity (Wildman–Crippen MR) is 101 cm³/mol. The minimum absolute atomic E-state index is 0.0210. The van der Waals surface area contributed by atoms with Crippen LogP contribution in [0.15, 0.2) is 33.9 Å². The van der Waals surface area contributed by atoms with Crippen molar-refractivity contribution < 1.29 is 14.3 Å². The summed E-state index contributed by atoms with van der Waals surface area (Å²) in [5, 5.41) is 3.06. The Bertz CT molecular complexity index is 926. The Morgan fingerprint density at radius 2 is 1.81 bits per heavy atom. The van der Waals surface area contributed by atoms with E-state index >= 15 is 0 Å². The molecular weight excluding hydrogens is 350 g/mol. The summed E-state index contributed by atoms with van der Waals surface area (Å²) in [7, 11) is 0. The van der Waals surface area contributed by atoms with Crippen molar-refractivity contribution in [3.05, 3.63) is 44.7 Å². The van der Waals surface area contributed by atoms with Gasteiger partial charge in [0, 0.05) is 33.1 Å². The van der Waals surface area contributed by atoms with Crippen molar-refractivity contribution in [3.63, 3.8) is 0 Å². The van der Waals surface area contributed by atoms with Gasteiger partial charge in [-0.2, -0.15) is 0 Å². The van der Waals surface area contributed by atoms with E-state index in [1.54, 1.807) is 4.90 Å². The van der Waals surface area contributed by atoms with Crippen molar-refractivity contribution in [2.75, 3.05) is 49.5 Å². The third kappa shape index (κ3) is 3.22. The quantitative estimate of drug-likeness (QED) is 0.769. The van der Waals surface area contributed by atoms with Crippen LogP contribution >= 0.6 is 0 Å². The van der Waals surface area contributed by atoms with Gasteiger partial charge in [0.05, 0.1) is 6.54 Å². The number of ether oxygens (including phenoxy) is 2. The number of benzene rings is 1. The van der Waals surface area contributed by atoms with Crippen LogP contribution < -0.4 is 30.5 Å². The maximum absolute atomic E-state index is 12.1. The Morgan fingerprint density at radius 3 is 2.52 bits per heavy atom. The molecule has 4 rings (SSSR count). The summed E-state index contributed by atoms with van der Waals surface area (Å²) in [6.45, 7) is 4.43. The van der Waals surface area contributed by atoms with Gasteiger partial charge in [-0.3, -0.25) is 14.4 Å². The zero-order valence-electron chi connectivity index (χ0n) is 15.1. The largest absolute Gasteiger partial charge is 0.486 e. The molecule has 0 aromatic heterocycles. The lowest BCUT2D eigenvalue weighted by Crippen LogP contribution is -2.52. The molecule has 1 saturated heterocycles. The molecule has 0 radical (unpaired) electrons. The van der Waals surface area contributed by atoms with Crippen molar-refractivity contribution in [1.82, 2.24) is 4.90 Å². The Balaban J connectivity index is 1.40. The SMILES string of the molecule is CC(=O)N1CCN(c2c(NC[C@@H]3COc4ccccc4O3)c(=O)c2=O)CC1. The third-order valence-electron chi connectivity index (χ3n) is 5.00. The van der Waals surface area contributed by atoms with Gasteiger partial charge in [-0.25, -0.2) is 0 Å². The molecule has 0 saturated carbocycles. The molecular formula is C19H21N3O5. The maximum Gasteiger partial charge on any atom is 0.253 e. The van der Waals surface area contributed by atoms with E-state index < -0.39 is 10.9 Å². The number of hydrogen-bond donors (Lipinski definition) is 1. The molecule has 1 atom stereocenters. The highest BCUT2D eigenvalue weighted by Crippen LogP contribution is 2.31. The van der Waals surface area contributed by atoms with E-state index in [0.717, 1.165) is 0 Å². The van der Waals surface area contributed by atoms with Crippen molar-refractivity contribution in [2.45, 2.75) is 13.0 Å². The number of nitrogens with one attached hydrogen (secondary N) is 1. The maximum atomic E-state index is 12.1. The summed E-state index contributed by atoms with van der Waals surface area (Å²) in [6.07, 6.45) is -0.258. The van der Waals surface area contributed by atoms with Crippen LogP contribution in [0.2, 0.25) is 0 Å². The highest BCUT2D eigenvalue weighted by Gasteiger charge is 2.30. The van der Waals surface area contributed by atoms with Crippen molar-refractivity contribution in [3.8, 4) is 11.5 Å². The molecule has 27 heavy (non-hydrogen) atoms. The number of piperazine rings is 1. The highest BCUT2D eigenvalue weighted by atomic mass is 16.6. The average Bonchev–Trinajstić information content (AvgIpc) is 2.70. The van der Waals surface area contributed by atoms with Crippen LogP contribution in [0.3, 0.4) is 0 Å². The lowest BCUT2D eigenvalue weighted by Gasteiger charge is -2.36. The summed E-state index contributed by atoms with van der Waals surface area (Å²) < 4.78 is 11.5. The summed E-state index contributed by atoms with van der Waals surface area (Å²) >= 11 is 0. The topological polar surface area (TPSA) is 88.2 Å². The second kappa shape index (κ2) is 6.94. The Labute approximate surface area is 156 Å². The molecule has 2 aromatic carbocycles. The molecule has 2 aliphatic rings. The second-order valence-electron chi connectivity index (χ2n) is 6.75. The second-order valence-corrected chi connectivity index (χ2v) is 6.75. The van der Waals surface area contributed by atoms with Gasteiger partial charge < -0.3 is 24.6 Å². The minimum Gasteiger partial charge on any atom is -0.486 e. The zero-order valence-corrected chi connectivity index (χ0v) is 15.1. The number of para-hydroxylation sites is 2. The molecule has 1 N–H and O–H groups in total. The van der Waals surface area contributed by atoms with Crippen LogP contribution in [0.1, 0.15) is 6.92 Å². The third-order valence-corrected chi connectivity index (χ3v) is 5.00. The molecule has 0 spiro atoms. The normalized spacial score (nSPS) is 19.2. The summed E-state index contributed by atoms with van der Waals surface area (Å²) in [5.41, 5.74) is -0.227. The number of anilines is 2. The summed E-state index contributed by atoms with van der Waals surface area (Å²) in [4.78, 5) is 39.2. The van der Waals surface area contributed by atoms with Crippen molar-refractivity contribution >= 4 is 17.3 Å². The smallest absolute Gasteiger partial charge is 0.253 e. The first kappa shape index (κ1) is 17.4. The van der Waals surface area contributed by atoms with Crippen LogP contribution in [-0.4, -0.2) is 56.2 Å². The molecule has 2 aliphatic heterocycles. The zero-order chi connectivity index (χ0) is 19.0. The van der Waals surface area contributed by atoms with E-state index in [0.29, 0.717) is 62.2 Å². The van der Waals surface area contributed by atoms with Gasteiger partial charge in [0.2, 0.25) is 5.91 Å². The van der Waals surface area contributed by atoms with Crippen LogP contribution in [0.4, 0.5) is 11.4 Å². The summed E-state index contributed by atoms with van der Waals surface area (Å²) in [5.74, 6) is 1.39. The Kier molecular flexibility index (Phi) is 4.47. The molecule has 8 nitrogen and oxygen atoms in total. The Hall–Kier alpha value is -3.03. The van der Waals surface area contributed by atoms with Gasteiger partial charge in [0.1, 0.15) is 24.1 Å². The lowest BCUT2D eigenvalue weighted by atomic mass is 10.1. The van der Waals surface area contributed by atoms with Gasteiger partial charge in [-0.1, -0.05) is 12.1 Å². The van der Waals surface area contributed by atoms with Gasteiger partial charge in [-0.15, -0.1) is 0 Å². The average molecular weight is 371 g/mol. The van der Waals surface area contributed by atoms with Gasteiger partial charge in [-0.05, 0) is 12.1 Å². The van der Waals surface area contributed by atoms with E-state index in [1.807, 2.05) is 29.2 Å². The first-order valence-corrected chi connectivity index (χ1v) is 9.00. The molecule has 0 bridgehead atoms. The fourth-order valence-corrected chi connectivity index (χ4v) is 3.47. The summed E-state index contributed by atoms with van der Waals surface area (Å²) in [6, 6.07) is 7.42. The van der Waals surface area contributed by atoms with E-state index in [1.165, 1.54) is 6.92 Å². The molecule has 1 fully saturated rings. The predicted octanol–water partition coefficient (Wildman–Crippen LogP) is 0.203. The van der Waals surface area contributed by atoms with Crippen LogP contribution in [-0.2, 0) is 4.79 Å². The number of rotatable bonds is 4. The Morgan fingerprint density at radius 1 is 1.11 bits per heavy atom. The van der Waals surface area contributed by atoms with Crippen LogP contribution in [0.25, 0.3) is 0 Å². The van der Waals surface area contributed by atoms with Crippen LogP contribution in [0.5, 0.6) is 11.5 Å². The van der Waals surface area contributed by atoms with Crippen LogP contribution in [0, 0.1) is 0 Å². The molecule has 8 heteroatoms. The highest BCUT2D eigenvalue weighted by molar-refractivity contribution is 5.77. The molecule has 2 heterocycles. The number of hydrogen-bond acceptors (Lipinski definition) is 7. The van der Waals surface area contributed by atoms with Crippen molar-refractivity contribution in [2.24, 2.45) is 0 Å². The monoisotopic (exact) mass is 371 g/mol. The van der Waals surface area contributed by atoms with E-state index in [4.69, 9.17) is 9.47 Å². The lowest BCUT2D eigenvalue weighted by molar-refractivity contribution is -0.129. The minimum atomic E-state index is -0.504. The van der Waals surface area contributed by atoms with Gasteiger partial charge in [0.25, 0.3) is 10.9 Å². The van der Waals surface area contributed by atoms with Crippen molar-refractivity contribution in [1.29, 1.82) is 0 Å². The molecule has 0 aliphatic carbocycles. The molecule has 2 aromatic rings. The van der Waals surface area contributed by atoms with E-state index in [-0.39, 0.29) is 12.0 Å². The molecule has 0 unspecified atom stereocenters. The number of nitrogens with zero attached hydrogens (tertiary/aromatic N) is 2. The molecule has 142 valence electrons. The first-order valence-electron chi connectivity index (χ1n) is 9.00. The number of amides is 1. The fraction of sp³-hybridized carbons (Fsp3) is 0.421. The van der Waals surface area contributed by atoms with E-state index in [9.17, 15) is 14.4 Å². The fourth-order valence-electron chi connectivity index (χ4n) is 3.47. The van der Waals surface area contributed by atoms with Gasteiger partial charge >= 0.3 is 0 Å². The standard InChI is InChI=1S/C19H21N3O5/c1-12(23)21-6-8-22(9-7-21)17-16(18(24)19(17)25)20-10-13-11-26-14-4-2-3-5-15(14)27-13/h2-5,13,20H,6-11H2,1H3/t13-/m1/s1. The number of fused-ring (bicyclic) bond motifs is 1.